The van der Waals surface area contributed by atoms with Crippen molar-refractivity contribution < 1.29 is 24.5 Å². The first kappa shape index (κ1) is 14.9. The van der Waals surface area contributed by atoms with Crippen molar-refractivity contribution in [3.8, 4) is 0 Å². The summed E-state index contributed by atoms with van der Waals surface area (Å²) in [4.78, 5) is 17.7. The number of nitrogens with one attached hydrogen (secondary N) is 1. The lowest BCUT2D eigenvalue weighted by Crippen LogP contribution is -2.43. The fourth-order valence-corrected chi connectivity index (χ4v) is 2.18. The van der Waals surface area contributed by atoms with Crippen molar-refractivity contribution >= 4 is 5.91 Å². The maximum Gasteiger partial charge on any atom is 0.266 e. The van der Waals surface area contributed by atoms with Crippen LogP contribution in [-0.4, -0.2) is 57.2 Å². The Hall–Kier alpha value is -1.52. The second kappa shape index (κ2) is 5.85. The Bertz CT molecular complexity index is 477. The lowest BCUT2D eigenvalue weighted by molar-refractivity contribution is -0.0648. The molecule has 1 aromatic rings. The lowest BCUT2D eigenvalue weighted by Gasteiger charge is -2.19. The van der Waals surface area contributed by atoms with E-state index < -0.39 is 36.6 Å². The van der Waals surface area contributed by atoms with E-state index in [2.05, 4.69) is 9.97 Å². The molecule has 1 aliphatic heterocycles. The third-order valence-electron chi connectivity index (χ3n) is 3.10. The summed E-state index contributed by atoms with van der Waals surface area (Å²) in [5.74, 6) is -0.384. The van der Waals surface area contributed by atoms with E-state index in [1.165, 1.54) is 6.20 Å². The summed E-state index contributed by atoms with van der Waals surface area (Å²) in [6.07, 6.45) is -3.73. The van der Waals surface area contributed by atoms with Gasteiger partial charge in [0.2, 0.25) is 0 Å². The fourth-order valence-electron chi connectivity index (χ4n) is 2.18. The maximum absolute atomic E-state index is 11.0. The second-order valence-corrected chi connectivity index (χ2v) is 4.47. The van der Waals surface area contributed by atoms with Crippen LogP contribution in [0.2, 0.25) is 0 Å². The lowest BCUT2D eigenvalue weighted by atomic mass is 10.1. The molecule has 0 aliphatic carbocycles. The third kappa shape index (κ3) is 2.67. The van der Waals surface area contributed by atoms with E-state index in [4.69, 9.17) is 20.9 Å². The standard InChI is InChI=1S/C11H18N4O5/c1-2-19-6-5(16)7(10(13)18)20-8(6)11-14-3-4(15-11)9(12)17/h3,5-8,10,16,18H,2,13H2,1H3,(H2,12,17)(H,14,15)/t5-,6+,7-,8+,10?/m0/s1. The van der Waals surface area contributed by atoms with Crippen LogP contribution in [0.4, 0.5) is 0 Å². The predicted octanol–water partition coefficient (Wildman–Crippen LogP) is -2.01. The highest BCUT2D eigenvalue weighted by atomic mass is 16.6. The van der Waals surface area contributed by atoms with Gasteiger partial charge in [0.25, 0.3) is 5.91 Å². The molecule has 9 nitrogen and oxygen atoms in total. The van der Waals surface area contributed by atoms with Gasteiger partial charge in [-0.15, -0.1) is 0 Å². The normalized spacial score (nSPS) is 31.4. The zero-order valence-corrected chi connectivity index (χ0v) is 10.9. The Labute approximate surface area is 114 Å². The highest BCUT2D eigenvalue weighted by molar-refractivity contribution is 5.90. The zero-order chi connectivity index (χ0) is 14.9. The second-order valence-electron chi connectivity index (χ2n) is 4.47. The Morgan fingerprint density at radius 3 is 2.90 bits per heavy atom. The predicted molar refractivity (Wildman–Crippen MR) is 66.3 cm³/mol. The largest absolute Gasteiger partial charge is 0.387 e. The minimum atomic E-state index is -1.36. The van der Waals surface area contributed by atoms with Gasteiger partial charge in [-0.05, 0) is 6.92 Å². The van der Waals surface area contributed by atoms with Crippen LogP contribution in [0, 0.1) is 0 Å². The molecule has 2 rings (SSSR count). The van der Waals surface area contributed by atoms with Gasteiger partial charge in [-0.3, -0.25) is 4.79 Å². The number of carbonyl (C=O) groups is 1. The van der Waals surface area contributed by atoms with Crippen LogP contribution in [0.5, 0.6) is 0 Å². The van der Waals surface area contributed by atoms with Gasteiger partial charge >= 0.3 is 0 Å². The first-order valence-electron chi connectivity index (χ1n) is 6.19. The van der Waals surface area contributed by atoms with E-state index in [0.29, 0.717) is 6.61 Å². The summed E-state index contributed by atoms with van der Waals surface area (Å²) in [5, 5.41) is 19.5. The van der Waals surface area contributed by atoms with Crippen LogP contribution in [0.15, 0.2) is 6.20 Å². The van der Waals surface area contributed by atoms with Crippen LogP contribution >= 0.6 is 0 Å². The number of H-pyrrole nitrogens is 1. The number of amides is 1. The van der Waals surface area contributed by atoms with Crippen molar-refractivity contribution in [2.75, 3.05) is 6.61 Å². The van der Waals surface area contributed by atoms with Crippen molar-refractivity contribution in [1.29, 1.82) is 0 Å². The zero-order valence-electron chi connectivity index (χ0n) is 10.9. The summed E-state index contributed by atoms with van der Waals surface area (Å²) in [6.45, 7) is 2.09. The number of primary amides is 1. The molecule has 0 bridgehead atoms. The first-order chi connectivity index (χ1) is 9.45. The van der Waals surface area contributed by atoms with E-state index >= 15 is 0 Å². The summed E-state index contributed by atoms with van der Waals surface area (Å²) in [5.41, 5.74) is 10.6. The minimum absolute atomic E-state index is 0.116. The molecule has 0 saturated carbocycles. The van der Waals surface area contributed by atoms with Crippen molar-refractivity contribution in [2.24, 2.45) is 11.5 Å². The molecular formula is C11H18N4O5. The molecule has 9 heteroatoms. The first-order valence-corrected chi connectivity index (χ1v) is 6.19. The highest BCUT2D eigenvalue weighted by Gasteiger charge is 2.48. The number of imidazole rings is 1. The molecule has 0 aromatic carbocycles. The van der Waals surface area contributed by atoms with Crippen molar-refractivity contribution in [2.45, 2.75) is 37.6 Å². The van der Waals surface area contributed by atoms with Gasteiger partial charge in [-0.2, -0.15) is 0 Å². The van der Waals surface area contributed by atoms with Gasteiger partial charge in [0, 0.05) is 6.61 Å². The summed E-state index contributed by atoms with van der Waals surface area (Å²) >= 11 is 0. The molecule has 1 saturated heterocycles. The third-order valence-corrected chi connectivity index (χ3v) is 3.10. The Morgan fingerprint density at radius 2 is 2.40 bits per heavy atom. The SMILES string of the molecule is CCO[C@@H]1[C@H](O)[C@@H](C(N)O)O[C@H]1c1ncc(C(N)=O)[nH]1. The Morgan fingerprint density at radius 1 is 1.70 bits per heavy atom. The molecule has 1 aliphatic rings. The number of aliphatic hydroxyl groups excluding tert-OH is 2. The van der Waals surface area contributed by atoms with Gasteiger partial charge in [0.1, 0.15) is 42.2 Å². The molecule has 5 atom stereocenters. The number of aromatic amines is 1. The summed E-state index contributed by atoms with van der Waals surface area (Å²) in [6, 6.07) is 0. The van der Waals surface area contributed by atoms with Gasteiger partial charge in [-0.25, -0.2) is 4.98 Å². The molecule has 0 radical (unpaired) electrons. The smallest absolute Gasteiger partial charge is 0.266 e. The molecule has 20 heavy (non-hydrogen) atoms. The number of hydrogen-bond acceptors (Lipinski definition) is 7. The molecule has 1 amide bonds. The number of aliphatic hydroxyl groups is 2. The van der Waals surface area contributed by atoms with E-state index in [-0.39, 0.29) is 11.5 Å². The molecule has 0 spiro atoms. The van der Waals surface area contributed by atoms with E-state index in [1.54, 1.807) is 6.92 Å². The van der Waals surface area contributed by atoms with Crippen molar-refractivity contribution in [3.05, 3.63) is 17.7 Å². The molecule has 1 fully saturated rings. The number of rotatable bonds is 5. The van der Waals surface area contributed by atoms with Gasteiger partial charge in [0.15, 0.2) is 0 Å². The fraction of sp³-hybridized carbons (Fsp3) is 0.636. The summed E-state index contributed by atoms with van der Waals surface area (Å²) < 4.78 is 10.9. The molecular weight excluding hydrogens is 268 g/mol. The molecule has 112 valence electrons. The van der Waals surface area contributed by atoms with Crippen molar-refractivity contribution in [1.82, 2.24) is 9.97 Å². The molecule has 1 unspecified atom stereocenters. The van der Waals surface area contributed by atoms with Crippen LogP contribution in [0.1, 0.15) is 29.3 Å². The minimum Gasteiger partial charge on any atom is -0.387 e. The van der Waals surface area contributed by atoms with Gasteiger partial charge in [-0.1, -0.05) is 0 Å². The summed E-state index contributed by atoms with van der Waals surface area (Å²) in [7, 11) is 0. The topological polar surface area (TPSA) is 157 Å². The van der Waals surface area contributed by atoms with E-state index in [1.807, 2.05) is 0 Å². The maximum atomic E-state index is 11.0. The average Bonchev–Trinajstić information content (AvgIpc) is 2.96. The quantitative estimate of drug-likeness (QED) is 0.391. The van der Waals surface area contributed by atoms with Gasteiger partial charge < -0.3 is 36.1 Å². The van der Waals surface area contributed by atoms with E-state index in [9.17, 15) is 15.0 Å². The monoisotopic (exact) mass is 286 g/mol. The van der Waals surface area contributed by atoms with Crippen LogP contribution in [0.3, 0.4) is 0 Å². The molecule has 1 aromatic heterocycles. The number of carbonyl (C=O) groups excluding carboxylic acids is 1. The highest BCUT2D eigenvalue weighted by Crippen LogP contribution is 2.34. The van der Waals surface area contributed by atoms with Crippen LogP contribution in [0.25, 0.3) is 0 Å². The van der Waals surface area contributed by atoms with Crippen LogP contribution < -0.4 is 11.5 Å². The molecule has 7 N–H and O–H groups in total. The number of hydrogen-bond donors (Lipinski definition) is 5. The number of nitrogens with zero attached hydrogens (tertiary/aromatic N) is 1. The van der Waals surface area contributed by atoms with Crippen molar-refractivity contribution in [3.63, 3.8) is 0 Å². The van der Waals surface area contributed by atoms with E-state index in [0.717, 1.165) is 0 Å². The Balaban J connectivity index is 2.25. The number of nitrogens with two attached hydrogens (primary N) is 2. The average molecular weight is 286 g/mol. The van der Waals surface area contributed by atoms with Crippen LogP contribution in [-0.2, 0) is 9.47 Å². The number of ether oxygens (including phenoxy) is 2. The number of aromatic nitrogens is 2. The van der Waals surface area contributed by atoms with Gasteiger partial charge in [0.05, 0.1) is 6.20 Å². The molecule has 2 heterocycles. The Kier molecular flexibility index (Phi) is 4.35.